The maximum Gasteiger partial charge on any atom is 0.176 e. The van der Waals surface area contributed by atoms with E-state index in [1.807, 2.05) is 4.90 Å². The molecule has 1 saturated carbocycles. The molecular formula is C15H21NO4. The number of Topliss-reactive ketones (excluding diaryl/α,β-unsaturated/α-hetero) is 1. The van der Waals surface area contributed by atoms with Crippen LogP contribution in [-0.4, -0.2) is 51.7 Å². The maximum atomic E-state index is 12.2. The molecule has 5 heteroatoms. The third-order valence-electron chi connectivity index (χ3n) is 3.87. The average molecular weight is 279 g/mol. The maximum absolute atomic E-state index is 12.2. The minimum atomic E-state index is -0.287. The first-order chi connectivity index (χ1) is 9.61. The van der Waals surface area contributed by atoms with E-state index < -0.39 is 0 Å². The summed E-state index contributed by atoms with van der Waals surface area (Å²) >= 11 is 0. The van der Waals surface area contributed by atoms with Crippen LogP contribution in [0.25, 0.3) is 0 Å². The molecule has 0 aliphatic heterocycles. The normalized spacial score (nSPS) is 15.9. The van der Waals surface area contributed by atoms with Crippen molar-refractivity contribution in [1.82, 2.24) is 4.90 Å². The van der Waals surface area contributed by atoms with Gasteiger partial charge in [-0.15, -0.1) is 0 Å². The largest absolute Gasteiger partial charge is 0.504 e. The molecule has 1 aliphatic carbocycles. The number of phenols is 2. The number of ketones is 1. The molecule has 1 fully saturated rings. The van der Waals surface area contributed by atoms with Crippen molar-refractivity contribution in [2.24, 2.45) is 0 Å². The first kappa shape index (κ1) is 14.8. The molecule has 0 atom stereocenters. The fourth-order valence-electron chi connectivity index (χ4n) is 2.76. The summed E-state index contributed by atoms with van der Waals surface area (Å²) in [6.07, 6.45) is 4.46. The predicted octanol–water partition coefficient (Wildman–Crippen LogP) is 1.52. The summed E-state index contributed by atoms with van der Waals surface area (Å²) in [6, 6.07) is 4.46. The van der Waals surface area contributed by atoms with E-state index >= 15 is 0 Å². The molecule has 0 bridgehead atoms. The van der Waals surface area contributed by atoms with Crippen LogP contribution >= 0.6 is 0 Å². The molecule has 0 heterocycles. The van der Waals surface area contributed by atoms with E-state index in [4.69, 9.17) is 5.11 Å². The van der Waals surface area contributed by atoms with Crippen LogP contribution in [0.2, 0.25) is 0 Å². The molecule has 3 N–H and O–H groups in total. The van der Waals surface area contributed by atoms with Crippen LogP contribution in [0.5, 0.6) is 11.5 Å². The van der Waals surface area contributed by atoms with Crippen LogP contribution in [0, 0.1) is 0 Å². The molecule has 0 spiro atoms. The number of carbonyl (C=O) groups is 1. The molecule has 0 saturated heterocycles. The number of hydrogen-bond acceptors (Lipinski definition) is 5. The van der Waals surface area contributed by atoms with Crippen LogP contribution in [0.3, 0.4) is 0 Å². The Kier molecular flexibility index (Phi) is 4.98. The van der Waals surface area contributed by atoms with Gasteiger partial charge < -0.3 is 15.3 Å². The molecule has 0 radical (unpaired) electrons. The van der Waals surface area contributed by atoms with Gasteiger partial charge in [0.1, 0.15) is 0 Å². The zero-order valence-electron chi connectivity index (χ0n) is 11.5. The van der Waals surface area contributed by atoms with E-state index in [9.17, 15) is 15.0 Å². The van der Waals surface area contributed by atoms with Gasteiger partial charge in [-0.3, -0.25) is 9.69 Å². The Morgan fingerprint density at radius 1 is 1.20 bits per heavy atom. The molecule has 5 nitrogen and oxygen atoms in total. The lowest BCUT2D eigenvalue weighted by Crippen LogP contribution is -2.39. The Morgan fingerprint density at radius 2 is 1.90 bits per heavy atom. The first-order valence-electron chi connectivity index (χ1n) is 7.02. The van der Waals surface area contributed by atoms with E-state index in [1.54, 1.807) is 0 Å². The van der Waals surface area contributed by atoms with Gasteiger partial charge in [0.15, 0.2) is 17.3 Å². The predicted molar refractivity (Wildman–Crippen MR) is 75.0 cm³/mol. The summed E-state index contributed by atoms with van der Waals surface area (Å²) in [6.45, 7) is 0.751. The number of aromatic hydroxyl groups is 2. The number of phenolic OH excluding ortho intramolecular Hbond substituents is 2. The molecule has 2 rings (SSSR count). The summed E-state index contributed by atoms with van der Waals surface area (Å²) in [5.41, 5.74) is 0.376. The summed E-state index contributed by atoms with van der Waals surface area (Å²) in [4.78, 5) is 14.2. The highest BCUT2D eigenvalue weighted by Crippen LogP contribution is 2.26. The van der Waals surface area contributed by atoms with E-state index in [-0.39, 0.29) is 30.4 Å². The highest BCUT2D eigenvalue weighted by atomic mass is 16.3. The average Bonchev–Trinajstić information content (AvgIpc) is 2.95. The van der Waals surface area contributed by atoms with Gasteiger partial charge in [-0.2, -0.15) is 0 Å². The Hall–Kier alpha value is -1.59. The van der Waals surface area contributed by atoms with Crippen LogP contribution in [0.4, 0.5) is 0 Å². The minimum Gasteiger partial charge on any atom is -0.504 e. The Labute approximate surface area is 118 Å². The lowest BCUT2D eigenvalue weighted by atomic mass is 10.1. The Bertz CT molecular complexity index is 469. The van der Waals surface area contributed by atoms with Crippen molar-refractivity contribution in [2.75, 3.05) is 19.7 Å². The van der Waals surface area contributed by atoms with Gasteiger partial charge in [0, 0.05) is 18.2 Å². The number of carbonyl (C=O) groups excluding carboxylic acids is 1. The molecule has 0 aromatic heterocycles. The fourth-order valence-corrected chi connectivity index (χ4v) is 2.76. The van der Waals surface area contributed by atoms with E-state index in [0.29, 0.717) is 18.2 Å². The van der Waals surface area contributed by atoms with Gasteiger partial charge in [-0.05, 0) is 31.0 Å². The number of rotatable bonds is 6. The fraction of sp³-hybridized carbons (Fsp3) is 0.533. The van der Waals surface area contributed by atoms with Crippen molar-refractivity contribution in [3.63, 3.8) is 0 Å². The number of benzene rings is 1. The smallest absolute Gasteiger partial charge is 0.176 e. The standard InChI is InChI=1S/C15H21NO4/c17-8-7-16(12-3-1-2-4-12)10-15(20)11-5-6-13(18)14(19)9-11/h5-6,9,12,17-19H,1-4,7-8,10H2. The van der Waals surface area contributed by atoms with Crippen LogP contribution < -0.4 is 0 Å². The minimum absolute atomic E-state index is 0.0323. The third kappa shape index (κ3) is 3.49. The lowest BCUT2D eigenvalue weighted by molar-refractivity contribution is 0.0862. The number of nitrogens with zero attached hydrogens (tertiary/aromatic N) is 1. The van der Waals surface area contributed by atoms with Crippen molar-refractivity contribution in [1.29, 1.82) is 0 Å². The lowest BCUT2D eigenvalue weighted by Gasteiger charge is -2.27. The second-order valence-corrected chi connectivity index (χ2v) is 5.26. The van der Waals surface area contributed by atoms with Crippen molar-refractivity contribution in [3.8, 4) is 11.5 Å². The van der Waals surface area contributed by atoms with Gasteiger partial charge in [0.25, 0.3) is 0 Å². The van der Waals surface area contributed by atoms with Crippen LogP contribution in [-0.2, 0) is 0 Å². The van der Waals surface area contributed by atoms with Gasteiger partial charge >= 0.3 is 0 Å². The molecule has 110 valence electrons. The van der Waals surface area contributed by atoms with E-state index in [0.717, 1.165) is 12.8 Å². The quantitative estimate of drug-likeness (QED) is 0.543. The molecule has 1 aromatic carbocycles. The zero-order chi connectivity index (χ0) is 14.5. The number of aliphatic hydroxyl groups excluding tert-OH is 1. The highest BCUT2D eigenvalue weighted by molar-refractivity contribution is 5.98. The Balaban J connectivity index is 2.05. The SMILES string of the molecule is O=C(CN(CCO)C1CCCC1)c1ccc(O)c(O)c1. The van der Waals surface area contributed by atoms with E-state index in [1.165, 1.54) is 31.0 Å². The summed E-state index contributed by atoms with van der Waals surface area (Å²) in [7, 11) is 0. The topological polar surface area (TPSA) is 81.0 Å². The van der Waals surface area contributed by atoms with Gasteiger partial charge in [-0.25, -0.2) is 0 Å². The molecule has 0 amide bonds. The van der Waals surface area contributed by atoms with E-state index in [2.05, 4.69) is 0 Å². The first-order valence-corrected chi connectivity index (χ1v) is 7.02. The second-order valence-electron chi connectivity index (χ2n) is 5.26. The molecule has 20 heavy (non-hydrogen) atoms. The van der Waals surface area contributed by atoms with Gasteiger partial charge in [0.2, 0.25) is 0 Å². The monoisotopic (exact) mass is 279 g/mol. The summed E-state index contributed by atoms with van der Waals surface area (Å²) in [5, 5.41) is 27.8. The van der Waals surface area contributed by atoms with Crippen molar-refractivity contribution in [3.05, 3.63) is 23.8 Å². The highest BCUT2D eigenvalue weighted by Gasteiger charge is 2.24. The van der Waals surface area contributed by atoms with Gasteiger partial charge in [0.05, 0.1) is 13.2 Å². The second kappa shape index (κ2) is 6.72. The number of hydrogen-bond donors (Lipinski definition) is 3. The molecule has 1 aromatic rings. The van der Waals surface area contributed by atoms with Crippen molar-refractivity contribution < 1.29 is 20.1 Å². The van der Waals surface area contributed by atoms with Gasteiger partial charge in [-0.1, -0.05) is 12.8 Å². The molecule has 1 aliphatic rings. The number of aliphatic hydroxyl groups is 1. The zero-order valence-corrected chi connectivity index (χ0v) is 11.5. The third-order valence-corrected chi connectivity index (χ3v) is 3.87. The Morgan fingerprint density at radius 3 is 2.50 bits per heavy atom. The molecule has 0 unspecified atom stereocenters. The molecular weight excluding hydrogens is 258 g/mol. The van der Waals surface area contributed by atoms with Crippen LogP contribution in [0.15, 0.2) is 18.2 Å². The summed E-state index contributed by atoms with van der Waals surface area (Å²) < 4.78 is 0. The summed E-state index contributed by atoms with van der Waals surface area (Å²) in [5.74, 6) is -0.629. The van der Waals surface area contributed by atoms with Crippen molar-refractivity contribution >= 4 is 5.78 Å². The van der Waals surface area contributed by atoms with Crippen LogP contribution in [0.1, 0.15) is 36.0 Å². The van der Waals surface area contributed by atoms with Crippen molar-refractivity contribution in [2.45, 2.75) is 31.7 Å².